The molecule has 0 unspecified atom stereocenters. The number of imidazole rings is 1. The van der Waals surface area contributed by atoms with Gasteiger partial charge in [0.25, 0.3) is 0 Å². The highest BCUT2D eigenvalue weighted by Gasteiger charge is 2.44. The van der Waals surface area contributed by atoms with Crippen molar-refractivity contribution in [3.63, 3.8) is 0 Å². The zero-order valence-electron chi connectivity index (χ0n) is 9.82. The molecular weight excluding hydrogens is 232 g/mol. The SMILES string of the molecule is O=C(O)C1(c2cccc3[nH]c(=O)[nH]c23)CCCC1. The number of rotatable bonds is 2. The maximum Gasteiger partial charge on any atom is 0.323 e. The molecule has 0 bridgehead atoms. The van der Waals surface area contributed by atoms with Crippen LogP contribution in [-0.2, 0) is 10.2 Å². The molecule has 1 heterocycles. The highest BCUT2D eigenvalue weighted by molar-refractivity contribution is 5.89. The van der Waals surface area contributed by atoms with Crippen LogP contribution in [0.15, 0.2) is 23.0 Å². The van der Waals surface area contributed by atoms with Gasteiger partial charge in [0, 0.05) is 0 Å². The van der Waals surface area contributed by atoms with Crippen LogP contribution in [0.25, 0.3) is 11.0 Å². The molecular formula is C13H14N2O3. The van der Waals surface area contributed by atoms with Crippen LogP contribution in [0.5, 0.6) is 0 Å². The molecule has 3 rings (SSSR count). The van der Waals surface area contributed by atoms with E-state index in [9.17, 15) is 14.7 Å². The van der Waals surface area contributed by atoms with Crippen LogP contribution >= 0.6 is 0 Å². The summed E-state index contributed by atoms with van der Waals surface area (Å²) in [7, 11) is 0. The number of carboxylic acid groups (broad SMARTS) is 1. The Morgan fingerprint density at radius 2 is 1.94 bits per heavy atom. The Morgan fingerprint density at radius 1 is 1.22 bits per heavy atom. The first-order valence-corrected chi connectivity index (χ1v) is 6.08. The van der Waals surface area contributed by atoms with Crippen molar-refractivity contribution in [3.05, 3.63) is 34.2 Å². The summed E-state index contributed by atoms with van der Waals surface area (Å²) in [6.45, 7) is 0. The third kappa shape index (κ3) is 1.40. The second kappa shape index (κ2) is 3.73. The normalized spacial score (nSPS) is 18.2. The molecule has 0 aliphatic heterocycles. The number of benzene rings is 1. The van der Waals surface area contributed by atoms with Crippen molar-refractivity contribution < 1.29 is 9.90 Å². The Labute approximate surface area is 103 Å². The molecule has 1 aromatic carbocycles. The highest BCUT2D eigenvalue weighted by Crippen LogP contribution is 2.43. The Balaban J connectivity index is 2.30. The van der Waals surface area contributed by atoms with Crippen molar-refractivity contribution in [3.8, 4) is 0 Å². The average molecular weight is 246 g/mol. The second-order valence-corrected chi connectivity index (χ2v) is 4.90. The molecule has 2 aromatic rings. The number of aromatic nitrogens is 2. The summed E-state index contributed by atoms with van der Waals surface area (Å²) < 4.78 is 0. The molecule has 0 saturated heterocycles. The largest absolute Gasteiger partial charge is 0.481 e. The Bertz CT molecular complexity index is 662. The van der Waals surface area contributed by atoms with E-state index in [1.807, 2.05) is 6.07 Å². The molecule has 1 aromatic heterocycles. The zero-order chi connectivity index (χ0) is 12.8. The number of aromatic amines is 2. The van der Waals surface area contributed by atoms with E-state index in [0.29, 0.717) is 23.9 Å². The van der Waals surface area contributed by atoms with Crippen molar-refractivity contribution in [2.45, 2.75) is 31.1 Å². The van der Waals surface area contributed by atoms with Crippen LogP contribution in [0.4, 0.5) is 0 Å². The van der Waals surface area contributed by atoms with Crippen molar-refractivity contribution in [1.82, 2.24) is 9.97 Å². The summed E-state index contributed by atoms with van der Waals surface area (Å²) in [4.78, 5) is 28.4. The summed E-state index contributed by atoms with van der Waals surface area (Å²) >= 11 is 0. The molecule has 3 N–H and O–H groups in total. The summed E-state index contributed by atoms with van der Waals surface area (Å²) in [6, 6.07) is 5.39. The zero-order valence-corrected chi connectivity index (χ0v) is 9.82. The first-order valence-electron chi connectivity index (χ1n) is 6.08. The minimum atomic E-state index is -0.843. The summed E-state index contributed by atoms with van der Waals surface area (Å²) in [5.74, 6) is -0.797. The molecule has 1 fully saturated rings. The minimum Gasteiger partial charge on any atom is -0.481 e. The number of aliphatic carboxylic acids is 1. The smallest absolute Gasteiger partial charge is 0.323 e. The first-order chi connectivity index (χ1) is 8.63. The molecule has 0 spiro atoms. The predicted octanol–water partition coefficient (Wildman–Crippen LogP) is 1.75. The lowest BCUT2D eigenvalue weighted by Gasteiger charge is -2.24. The van der Waals surface area contributed by atoms with E-state index >= 15 is 0 Å². The number of hydrogen-bond donors (Lipinski definition) is 3. The van der Waals surface area contributed by atoms with Gasteiger partial charge < -0.3 is 15.1 Å². The quantitative estimate of drug-likeness (QED) is 0.754. The van der Waals surface area contributed by atoms with Crippen LogP contribution in [0.2, 0.25) is 0 Å². The van der Waals surface area contributed by atoms with Crippen LogP contribution in [0.1, 0.15) is 31.2 Å². The van der Waals surface area contributed by atoms with Gasteiger partial charge in [-0.3, -0.25) is 4.79 Å². The number of nitrogens with one attached hydrogen (secondary N) is 2. The molecule has 1 aliphatic rings. The van der Waals surface area contributed by atoms with Gasteiger partial charge >= 0.3 is 11.7 Å². The van der Waals surface area contributed by atoms with Gasteiger partial charge in [0.15, 0.2) is 0 Å². The molecule has 0 radical (unpaired) electrons. The predicted molar refractivity (Wildman–Crippen MR) is 66.7 cm³/mol. The third-order valence-electron chi connectivity index (χ3n) is 3.93. The van der Waals surface area contributed by atoms with Crippen LogP contribution < -0.4 is 5.69 Å². The highest BCUT2D eigenvalue weighted by atomic mass is 16.4. The third-order valence-corrected chi connectivity index (χ3v) is 3.93. The lowest BCUT2D eigenvalue weighted by Crippen LogP contribution is -2.32. The van der Waals surface area contributed by atoms with Gasteiger partial charge in [-0.05, 0) is 24.5 Å². The summed E-state index contributed by atoms with van der Waals surface area (Å²) in [5, 5.41) is 9.58. The fraction of sp³-hybridized carbons (Fsp3) is 0.385. The van der Waals surface area contributed by atoms with Gasteiger partial charge in [-0.1, -0.05) is 25.0 Å². The molecule has 18 heavy (non-hydrogen) atoms. The molecule has 5 nitrogen and oxygen atoms in total. The molecule has 0 amide bonds. The van der Waals surface area contributed by atoms with Crippen LogP contribution in [0.3, 0.4) is 0 Å². The van der Waals surface area contributed by atoms with E-state index in [1.165, 1.54) is 0 Å². The standard InChI is InChI=1S/C13H14N2O3/c16-11(17)13(6-1-2-7-13)8-4-3-5-9-10(8)15-12(18)14-9/h3-5H,1-2,6-7H2,(H,16,17)(H2,14,15,18). The van der Waals surface area contributed by atoms with E-state index in [1.54, 1.807) is 12.1 Å². The monoisotopic (exact) mass is 246 g/mol. The van der Waals surface area contributed by atoms with E-state index in [2.05, 4.69) is 9.97 Å². The average Bonchev–Trinajstić information content (AvgIpc) is 2.93. The van der Waals surface area contributed by atoms with Crippen LogP contribution in [0, 0.1) is 0 Å². The molecule has 0 atom stereocenters. The van der Waals surface area contributed by atoms with E-state index in [0.717, 1.165) is 18.4 Å². The maximum absolute atomic E-state index is 11.7. The number of H-pyrrole nitrogens is 2. The van der Waals surface area contributed by atoms with Gasteiger partial charge in [-0.25, -0.2) is 4.79 Å². The van der Waals surface area contributed by atoms with Crippen LogP contribution in [-0.4, -0.2) is 21.0 Å². The number of carboxylic acids is 1. The number of hydrogen-bond acceptors (Lipinski definition) is 2. The van der Waals surface area contributed by atoms with E-state index in [-0.39, 0.29) is 5.69 Å². The van der Waals surface area contributed by atoms with Gasteiger partial charge in [0.2, 0.25) is 0 Å². The molecule has 1 aliphatic carbocycles. The molecule has 5 heteroatoms. The van der Waals surface area contributed by atoms with Crippen molar-refractivity contribution in [2.75, 3.05) is 0 Å². The lowest BCUT2D eigenvalue weighted by molar-refractivity contribution is -0.143. The minimum absolute atomic E-state index is 0.295. The van der Waals surface area contributed by atoms with Crippen molar-refractivity contribution >= 4 is 17.0 Å². The van der Waals surface area contributed by atoms with Crippen molar-refractivity contribution in [1.29, 1.82) is 0 Å². The topological polar surface area (TPSA) is 85.9 Å². The van der Waals surface area contributed by atoms with Crippen molar-refractivity contribution in [2.24, 2.45) is 0 Å². The van der Waals surface area contributed by atoms with E-state index in [4.69, 9.17) is 0 Å². The first kappa shape index (κ1) is 11.1. The number of carbonyl (C=O) groups is 1. The van der Waals surface area contributed by atoms with Gasteiger partial charge in [-0.15, -0.1) is 0 Å². The van der Waals surface area contributed by atoms with Gasteiger partial charge in [0.05, 0.1) is 16.4 Å². The van der Waals surface area contributed by atoms with Gasteiger partial charge in [0.1, 0.15) is 0 Å². The number of fused-ring (bicyclic) bond motifs is 1. The van der Waals surface area contributed by atoms with E-state index < -0.39 is 11.4 Å². The second-order valence-electron chi connectivity index (χ2n) is 4.90. The Hall–Kier alpha value is -2.04. The van der Waals surface area contributed by atoms with Gasteiger partial charge in [-0.2, -0.15) is 0 Å². The Kier molecular flexibility index (Phi) is 2.29. The molecule has 94 valence electrons. The molecule has 1 saturated carbocycles. The maximum atomic E-state index is 11.7. The lowest BCUT2D eigenvalue weighted by atomic mass is 9.78. The summed E-state index contributed by atoms with van der Waals surface area (Å²) in [5.41, 5.74) is 0.890. The number of para-hydroxylation sites is 1. The summed E-state index contributed by atoms with van der Waals surface area (Å²) in [6.07, 6.45) is 3.10. The fourth-order valence-electron chi connectivity index (χ4n) is 3.03. The Morgan fingerprint density at radius 3 is 2.61 bits per heavy atom. The fourth-order valence-corrected chi connectivity index (χ4v) is 3.03.